The molecule has 1 heterocycles. The zero-order chi connectivity index (χ0) is 12.3. The van der Waals surface area contributed by atoms with Crippen molar-refractivity contribution >= 4 is 5.78 Å². The van der Waals surface area contributed by atoms with Crippen molar-refractivity contribution in [2.75, 3.05) is 19.7 Å². The lowest BCUT2D eigenvalue weighted by Crippen LogP contribution is -2.41. The number of likely N-dealkylation sites (tertiary alicyclic amines) is 1. The normalized spacial score (nSPS) is 25.1. The Morgan fingerprint density at radius 3 is 2.71 bits per heavy atom. The summed E-state index contributed by atoms with van der Waals surface area (Å²) in [7, 11) is 0. The summed E-state index contributed by atoms with van der Waals surface area (Å²) >= 11 is 0. The van der Waals surface area contributed by atoms with Gasteiger partial charge in [-0.1, -0.05) is 30.3 Å². The number of aliphatic hydroxyl groups is 2. The predicted octanol–water partition coefficient (Wildman–Crippen LogP) is 0.297. The van der Waals surface area contributed by atoms with E-state index in [0.29, 0.717) is 18.5 Å². The molecule has 1 aromatic carbocycles. The van der Waals surface area contributed by atoms with E-state index in [1.807, 2.05) is 23.1 Å². The number of carbonyl (C=O) groups is 1. The number of hydrogen-bond donors (Lipinski definition) is 2. The van der Waals surface area contributed by atoms with Crippen LogP contribution in [0.3, 0.4) is 0 Å². The zero-order valence-electron chi connectivity index (χ0n) is 9.62. The summed E-state index contributed by atoms with van der Waals surface area (Å²) in [5.41, 5.74) is 0.672. The van der Waals surface area contributed by atoms with E-state index in [4.69, 9.17) is 0 Å². The first-order valence-corrected chi connectivity index (χ1v) is 5.83. The Kier molecular flexibility index (Phi) is 3.89. The van der Waals surface area contributed by atoms with Gasteiger partial charge in [0.05, 0.1) is 25.3 Å². The van der Waals surface area contributed by atoms with Crippen molar-refractivity contribution in [3.8, 4) is 0 Å². The van der Waals surface area contributed by atoms with Crippen molar-refractivity contribution in [3.05, 3.63) is 35.9 Å². The molecule has 2 atom stereocenters. The summed E-state index contributed by atoms with van der Waals surface area (Å²) in [4.78, 5) is 13.8. The molecule has 4 nitrogen and oxygen atoms in total. The molecule has 0 aromatic heterocycles. The lowest BCUT2D eigenvalue weighted by molar-refractivity contribution is 0.0650. The second kappa shape index (κ2) is 5.40. The molecular formula is C13H17NO3. The molecule has 1 aliphatic heterocycles. The number of nitrogens with zero attached hydrogens (tertiary/aromatic N) is 1. The Labute approximate surface area is 100 Å². The summed E-state index contributed by atoms with van der Waals surface area (Å²) in [5, 5.41) is 18.8. The van der Waals surface area contributed by atoms with Gasteiger partial charge < -0.3 is 10.2 Å². The van der Waals surface area contributed by atoms with Crippen LogP contribution in [-0.4, -0.2) is 52.7 Å². The second-order valence-electron chi connectivity index (χ2n) is 4.37. The first kappa shape index (κ1) is 12.2. The van der Waals surface area contributed by atoms with Crippen molar-refractivity contribution in [2.45, 2.75) is 18.6 Å². The Morgan fingerprint density at radius 2 is 2.06 bits per heavy atom. The van der Waals surface area contributed by atoms with Crippen LogP contribution < -0.4 is 0 Å². The third-order valence-corrected chi connectivity index (χ3v) is 3.25. The van der Waals surface area contributed by atoms with Crippen LogP contribution >= 0.6 is 0 Å². The molecule has 1 fully saturated rings. The highest BCUT2D eigenvalue weighted by Crippen LogP contribution is 2.18. The average molecular weight is 235 g/mol. The largest absolute Gasteiger partial charge is 0.395 e. The van der Waals surface area contributed by atoms with Gasteiger partial charge >= 0.3 is 0 Å². The summed E-state index contributed by atoms with van der Waals surface area (Å²) in [6.45, 7) is 0.806. The van der Waals surface area contributed by atoms with E-state index < -0.39 is 6.10 Å². The van der Waals surface area contributed by atoms with Gasteiger partial charge in [0.2, 0.25) is 0 Å². The van der Waals surface area contributed by atoms with Crippen molar-refractivity contribution < 1.29 is 15.0 Å². The smallest absolute Gasteiger partial charge is 0.176 e. The van der Waals surface area contributed by atoms with Gasteiger partial charge in [0.15, 0.2) is 5.78 Å². The zero-order valence-corrected chi connectivity index (χ0v) is 9.62. The van der Waals surface area contributed by atoms with Crippen molar-refractivity contribution in [1.82, 2.24) is 4.90 Å². The molecule has 2 N–H and O–H groups in total. The van der Waals surface area contributed by atoms with E-state index in [0.717, 1.165) is 0 Å². The molecular weight excluding hydrogens is 218 g/mol. The molecule has 0 amide bonds. The van der Waals surface area contributed by atoms with Crippen LogP contribution in [0.4, 0.5) is 0 Å². The summed E-state index contributed by atoms with van der Waals surface area (Å²) in [6.07, 6.45) is 0.0939. The van der Waals surface area contributed by atoms with E-state index in [1.165, 1.54) is 0 Å². The van der Waals surface area contributed by atoms with Gasteiger partial charge in [0, 0.05) is 12.1 Å². The molecule has 1 aliphatic rings. The minimum Gasteiger partial charge on any atom is -0.395 e. The first-order valence-electron chi connectivity index (χ1n) is 5.83. The molecule has 1 saturated heterocycles. The molecule has 17 heavy (non-hydrogen) atoms. The minimum absolute atomic E-state index is 0.0261. The molecule has 0 bridgehead atoms. The van der Waals surface area contributed by atoms with Crippen molar-refractivity contribution in [1.29, 1.82) is 0 Å². The third kappa shape index (κ3) is 2.72. The standard InChI is InChI=1S/C13H17NO3/c15-9-11-12(16)6-7-14(11)8-13(17)10-4-2-1-3-5-10/h1-5,11-12,15-16H,6-9H2/t11-,12+/m1/s1. The van der Waals surface area contributed by atoms with E-state index >= 15 is 0 Å². The maximum atomic E-state index is 12.0. The maximum Gasteiger partial charge on any atom is 0.176 e. The summed E-state index contributed by atoms with van der Waals surface area (Å²) < 4.78 is 0. The van der Waals surface area contributed by atoms with Gasteiger partial charge in [-0.25, -0.2) is 0 Å². The predicted molar refractivity (Wildman–Crippen MR) is 63.8 cm³/mol. The number of carbonyl (C=O) groups excluding carboxylic acids is 1. The number of benzene rings is 1. The fourth-order valence-corrected chi connectivity index (χ4v) is 2.23. The summed E-state index contributed by atoms with van der Waals surface area (Å²) in [5.74, 6) is 0.0261. The number of aliphatic hydroxyl groups excluding tert-OH is 2. The van der Waals surface area contributed by atoms with E-state index in [1.54, 1.807) is 12.1 Å². The van der Waals surface area contributed by atoms with Gasteiger partial charge in [-0.2, -0.15) is 0 Å². The van der Waals surface area contributed by atoms with Gasteiger partial charge in [0.25, 0.3) is 0 Å². The minimum atomic E-state index is -0.524. The molecule has 0 aliphatic carbocycles. The van der Waals surface area contributed by atoms with Crippen molar-refractivity contribution in [2.24, 2.45) is 0 Å². The molecule has 1 aromatic rings. The van der Waals surface area contributed by atoms with Crippen molar-refractivity contribution in [3.63, 3.8) is 0 Å². The van der Waals surface area contributed by atoms with Gasteiger partial charge in [-0.05, 0) is 6.42 Å². The van der Waals surface area contributed by atoms with Crippen LogP contribution in [0.25, 0.3) is 0 Å². The fourth-order valence-electron chi connectivity index (χ4n) is 2.23. The SMILES string of the molecule is O=C(CN1CC[C@H](O)[C@H]1CO)c1ccccc1. The van der Waals surface area contributed by atoms with Crippen LogP contribution in [0, 0.1) is 0 Å². The highest BCUT2D eigenvalue weighted by atomic mass is 16.3. The highest BCUT2D eigenvalue weighted by Gasteiger charge is 2.33. The molecule has 4 heteroatoms. The number of ketones is 1. The average Bonchev–Trinajstić information content (AvgIpc) is 2.71. The Balaban J connectivity index is 2.00. The van der Waals surface area contributed by atoms with Crippen LogP contribution in [0.1, 0.15) is 16.8 Å². The van der Waals surface area contributed by atoms with Gasteiger partial charge in [-0.3, -0.25) is 9.69 Å². The van der Waals surface area contributed by atoms with Crippen LogP contribution in [0.5, 0.6) is 0 Å². The molecule has 2 rings (SSSR count). The molecule has 0 saturated carbocycles. The summed E-state index contributed by atoms with van der Waals surface area (Å²) in [6, 6.07) is 8.78. The van der Waals surface area contributed by atoms with Crippen LogP contribution in [0.15, 0.2) is 30.3 Å². The van der Waals surface area contributed by atoms with E-state index in [-0.39, 0.29) is 25.0 Å². The van der Waals surface area contributed by atoms with Crippen LogP contribution in [-0.2, 0) is 0 Å². The monoisotopic (exact) mass is 235 g/mol. The Bertz CT molecular complexity index is 380. The number of rotatable bonds is 4. The highest BCUT2D eigenvalue weighted by molar-refractivity contribution is 5.97. The van der Waals surface area contributed by atoms with Gasteiger partial charge in [-0.15, -0.1) is 0 Å². The topological polar surface area (TPSA) is 60.8 Å². The number of hydrogen-bond acceptors (Lipinski definition) is 4. The molecule has 0 spiro atoms. The third-order valence-electron chi connectivity index (χ3n) is 3.25. The van der Waals surface area contributed by atoms with E-state index in [2.05, 4.69) is 0 Å². The van der Waals surface area contributed by atoms with Crippen LogP contribution in [0.2, 0.25) is 0 Å². The molecule has 0 unspecified atom stereocenters. The van der Waals surface area contributed by atoms with Gasteiger partial charge in [0.1, 0.15) is 0 Å². The van der Waals surface area contributed by atoms with E-state index in [9.17, 15) is 15.0 Å². The second-order valence-corrected chi connectivity index (χ2v) is 4.37. The molecule has 0 radical (unpaired) electrons. The maximum absolute atomic E-state index is 12.0. The lowest BCUT2D eigenvalue weighted by atomic mass is 10.1. The Hall–Kier alpha value is -1.23. The number of Topliss-reactive ketones (excluding diaryl/α,β-unsaturated/α-hetero) is 1. The fraction of sp³-hybridized carbons (Fsp3) is 0.462. The lowest BCUT2D eigenvalue weighted by Gasteiger charge is -2.23. The first-order chi connectivity index (χ1) is 8.22. The molecule has 92 valence electrons. The Morgan fingerprint density at radius 1 is 1.35 bits per heavy atom. The quantitative estimate of drug-likeness (QED) is 0.737.